The minimum atomic E-state index is -0.417. The lowest BCUT2D eigenvalue weighted by atomic mass is 10.1. The lowest BCUT2D eigenvalue weighted by Crippen LogP contribution is -2.40. The van der Waals surface area contributed by atoms with E-state index in [0.29, 0.717) is 26.1 Å². The summed E-state index contributed by atoms with van der Waals surface area (Å²) in [6, 6.07) is 0. The number of amides is 2. The van der Waals surface area contributed by atoms with Crippen LogP contribution in [0.5, 0.6) is 0 Å². The third-order valence-electron chi connectivity index (χ3n) is 5.16. The third-order valence-corrected chi connectivity index (χ3v) is 5.16. The molecule has 1 atom stereocenters. The fourth-order valence-electron chi connectivity index (χ4n) is 3.50. The van der Waals surface area contributed by atoms with Crippen molar-refractivity contribution in [3.63, 3.8) is 0 Å². The molecule has 1 aliphatic heterocycles. The fourth-order valence-corrected chi connectivity index (χ4v) is 3.50. The summed E-state index contributed by atoms with van der Waals surface area (Å²) in [6.07, 6.45) is 14.1. The van der Waals surface area contributed by atoms with Gasteiger partial charge >= 0.3 is 6.09 Å². The lowest BCUT2D eigenvalue weighted by molar-refractivity contribution is -0.138. The highest BCUT2D eigenvalue weighted by molar-refractivity contribution is 5.77. The van der Waals surface area contributed by atoms with E-state index in [0.717, 1.165) is 44.9 Å². The van der Waals surface area contributed by atoms with Crippen LogP contribution in [-0.2, 0) is 9.53 Å². The van der Waals surface area contributed by atoms with Gasteiger partial charge in [0.15, 0.2) is 6.23 Å². The molecular weight excluding hydrogens is 342 g/mol. The summed E-state index contributed by atoms with van der Waals surface area (Å²) in [6.45, 7) is 4.21. The smallest absolute Gasteiger partial charge is 0.409 e. The maximum atomic E-state index is 12.4. The predicted molar refractivity (Wildman–Crippen MR) is 109 cm³/mol. The van der Waals surface area contributed by atoms with E-state index in [1.165, 1.54) is 38.5 Å². The maximum Gasteiger partial charge on any atom is 0.409 e. The largest absolute Gasteiger partial charge is 0.425 e. The van der Waals surface area contributed by atoms with Crippen molar-refractivity contribution in [1.29, 1.82) is 0 Å². The number of carbonyl (C=O) groups is 2. The van der Waals surface area contributed by atoms with E-state index in [1.54, 1.807) is 4.90 Å². The van der Waals surface area contributed by atoms with Crippen LogP contribution in [0.1, 0.15) is 96.8 Å². The standard InChI is InChI=1S/C21H41N3O3/c1-2-3-4-5-6-7-8-10-14-19(25)24-18-13-15-20(24)27-21(26)23-17-12-9-11-16-22/h20H,2-18,22H2,1H3,(H,23,26)/t20-/m0/s1. The summed E-state index contributed by atoms with van der Waals surface area (Å²) < 4.78 is 5.46. The molecule has 6 heteroatoms. The van der Waals surface area contributed by atoms with E-state index in [9.17, 15) is 9.59 Å². The highest BCUT2D eigenvalue weighted by Gasteiger charge is 2.31. The number of likely N-dealkylation sites (tertiary alicyclic amines) is 1. The second-order valence-corrected chi connectivity index (χ2v) is 7.59. The summed E-state index contributed by atoms with van der Waals surface area (Å²) >= 11 is 0. The molecule has 0 aromatic carbocycles. The molecule has 0 aromatic heterocycles. The topological polar surface area (TPSA) is 84.7 Å². The zero-order valence-corrected chi connectivity index (χ0v) is 17.3. The van der Waals surface area contributed by atoms with Crippen LogP contribution in [0.3, 0.4) is 0 Å². The normalized spacial score (nSPS) is 16.5. The van der Waals surface area contributed by atoms with Gasteiger partial charge in [0.05, 0.1) is 0 Å². The van der Waals surface area contributed by atoms with Gasteiger partial charge in [0.2, 0.25) is 5.91 Å². The molecule has 27 heavy (non-hydrogen) atoms. The summed E-state index contributed by atoms with van der Waals surface area (Å²) in [4.78, 5) is 26.1. The molecule has 3 N–H and O–H groups in total. The van der Waals surface area contributed by atoms with Gasteiger partial charge in [-0.25, -0.2) is 4.79 Å². The van der Waals surface area contributed by atoms with E-state index < -0.39 is 12.3 Å². The second kappa shape index (κ2) is 15.7. The van der Waals surface area contributed by atoms with Crippen molar-refractivity contribution in [2.45, 2.75) is 103 Å². The van der Waals surface area contributed by atoms with Crippen LogP contribution in [0.2, 0.25) is 0 Å². The molecule has 1 rings (SSSR count). The molecule has 1 heterocycles. The van der Waals surface area contributed by atoms with E-state index in [1.807, 2.05) is 0 Å². The van der Waals surface area contributed by atoms with E-state index in [-0.39, 0.29) is 5.91 Å². The molecule has 0 spiro atoms. The van der Waals surface area contributed by atoms with Crippen molar-refractivity contribution in [3.05, 3.63) is 0 Å². The van der Waals surface area contributed by atoms with Crippen LogP contribution in [0.25, 0.3) is 0 Å². The number of ether oxygens (including phenoxy) is 1. The first kappa shape index (κ1) is 23.7. The van der Waals surface area contributed by atoms with Gasteiger partial charge in [0, 0.05) is 25.9 Å². The fraction of sp³-hybridized carbons (Fsp3) is 0.905. The SMILES string of the molecule is CCCCCCCCCCC(=O)N1CCC[C@@H]1OC(=O)NCCCCCN. The van der Waals surface area contributed by atoms with Crippen LogP contribution in [0.4, 0.5) is 4.79 Å². The number of carbonyl (C=O) groups excluding carboxylic acids is 2. The Labute approximate surface area is 165 Å². The molecule has 1 aliphatic rings. The molecular formula is C21H41N3O3. The quantitative estimate of drug-likeness (QED) is 0.412. The average Bonchev–Trinajstić information content (AvgIpc) is 3.11. The van der Waals surface area contributed by atoms with Crippen LogP contribution in [-0.4, -0.2) is 42.8 Å². The molecule has 1 fully saturated rings. The number of nitrogens with zero attached hydrogens (tertiary/aromatic N) is 1. The Balaban J connectivity index is 2.13. The number of nitrogens with two attached hydrogens (primary N) is 1. The Morgan fingerprint density at radius 2 is 1.67 bits per heavy atom. The van der Waals surface area contributed by atoms with E-state index in [2.05, 4.69) is 12.2 Å². The molecule has 1 saturated heterocycles. The highest BCUT2D eigenvalue weighted by atomic mass is 16.6. The molecule has 2 amide bonds. The van der Waals surface area contributed by atoms with Crippen LogP contribution in [0.15, 0.2) is 0 Å². The Kier molecular flexibility index (Phi) is 13.8. The first-order valence-corrected chi connectivity index (χ1v) is 11.1. The van der Waals surface area contributed by atoms with E-state index in [4.69, 9.17) is 10.5 Å². The Bertz CT molecular complexity index is 404. The van der Waals surface area contributed by atoms with Gasteiger partial charge in [0.1, 0.15) is 0 Å². The first-order chi connectivity index (χ1) is 13.2. The number of hydrogen-bond donors (Lipinski definition) is 2. The summed E-state index contributed by atoms with van der Waals surface area (Å²) in [5, 5.41) is 2.77. The van der Waals surface area contributed by atoms with Crippen LogP contribution >= 0.6 is 0 Å². The monoisotopic (exact) mass is 383 g/mol. The summed E-state index contributed by atoms with van der Waals surface area (Å²) in [5.41, 5.74) is 5.45. The van der Waals surface area contributed by atoms with Crippen molar-refractivity contribution >= 4 is 12.0 Å². The molecule has 158 valence electrons. The second-order valence-electron chi connectivity index (χ2n) is 7.59. The summed E-state index contributed by atoms with van der Waals surface area (Å²) in [7, 11) is 0. The predicted octanol–water partition coefficient (Wildman–Crippen LogP) is 4.32. The van der Waals surface area contributed by atoms with Crippen molar-refractivity contribution in [2.75, 3.05) is 19.6 Å². The third kappa shape index (κ3) is 11.2. The van der Waals surface area contributed by atoms with Gasteiger partial charge in [-0.3, -0.25) is 4.79 Å². The van der Waals surface area contributed by atoms with Crippen LogP contribution < -0.4 is 11.1 Å². The Hall–Kier alpha value is -1.30. The highest BCUT2D eigenvalue weighted by Crippen LogP contribution is 2.20. The molecule has 6 nitrogen and oxygen atoms in total. The average molecular weight is 384 g/mol. The summed E-state index contributed by atoms with van der Waals surface area (Å²) in [5.74, 6) is 0.124. The molecule has 0 saturated carbocycles. The van der Waals surface area contributed by atoms with Crippen molar-refractivity contribution < 1.29 is 14.3 Å². The van der Waals surface area contributed by atoms with Crippen molar-refractivity contribution in [1.82, 2.24) is 10.2 Å². The van der Waals surface area contributed by atoms with Gasteiger partial charge in [-0.1, -0.05) is 58.3 Å². The maximum absolute atomic E-state index is 12.4. The number of hydrogen-bond acceptors (Lipinski definition) is 4. The van der Waals surface area contributed by atoms with Gasteiger partial charge < -0.3 is 20.7 Å². The van der Waals surface area contributed by atoms with Gasteiger partial charge in [-0.2, -0.15) is 0 Å². The lowest BCUT2D eigenvalue weighted by Gasteiger charge is -2.24. The zero-order chi connectivity index (χ0) is 19.7. The minimum Gasteiger partial charge on any atom is -0.425 e. The molecule has 0 aliphatic carbocycles. The first-order valence-electron chi connectivity index (χ1n) is 11.1. The molecule has 0 bridgehead atoms. The molecule has 0 radical (unpaired) electrons. The minimum absolute atomic E-state index is 0.124. The zero-order valence-electron chi connectivity index (χ0n) is 17.3. The van der Waals surface area contributed by atoms with Crippen LogP contribution in [0, 0.1) is 0 Å². The van der Waals surface area contributed by atoms with Crippen molar-refractivity contribution in [2.24, 2.45) is 5.73 Å². The van der Waals surface area contributed by atoms with E-state index >= 15 is 0 Å². The molecule has 0 aromatic rings. The number of unbranched alkanes of at least 4 members (excludes halogenated alkanes) is 9. The molecule has 0 unspecified atom stereocenters. The number of nitrogens with one attached hydrogen (secondary N) is 1. The van der Waals surface area contributed by atoms with Gasteiger partial charge in [-0.05, 0) is 32.2 Å². The van der Waals surface area contributed by atoms with Gasteiger partial charge in [0.25, 0.3) is 0 Å². The van der Waals surface area contributed by atoms with Gasteiger partial charge in [-0.15, -0.1) is 0 Å². The Morgan fingerprint density at radius 1 is 1.00 bits per heavy atom. The number of rotatable bonds is 15. The Morgan fingerprint density at radius 3 is 2.37 bits per heavy atom. The number of alkyl carbamates (subject to hydrolysis) is 1. The van der Waals surface area contributed by atoms with Crippen molar-refractivity contribution in [3.8, 4) is 0 Å².